The van der Waals surface area contributed by atoms with Crippen molar-refractivity contribution in [1.29, 1.82) is 0 Å². The van der Waals surface area contributed by atoms with Crippen LogP contribution in [-0.2, 0) is 17.8 Å². The van der Waals surface area contributed by atoms with Gasteiger partial charge in [0.1, 0.15) is 0 Å². The quantitative estimate of drug-likeness (QED) is 0.383. The van der Waals surface area contributed by atoms with Crippen molar-refractivity contribution in [3.8, 4) is 0 Å². The minimum atomic E-state index is -0.353. The highest BCUT2D eigenvalue weighted by molar-refractivity contribution is 8.00. The third-order valence-electron chi connectivity index (χ3n) is 6.41. The summed E-state index contributed by atoms with van der Waals surface area (Å²) in [6, 6.07) is 15.7. The molecule has 5 rings (SSSR count). The second-order valence-electron chi connectivity index (χ2n) is 9.26. The molecule has 8 heteroatoms. The highest BCUT2D eigenvalue weighted by Crippen LogP contribution is 2.31. The highest BCUT2D eigenvalue weighted by atomic mass is 32.2. The Kier molecular flexibility index (Phi) is 6.16. The van der Waals surface area contributed by atoms with Crippen LogP contribution in [0.4, 0.5) is 5.69 Å². The van der Waals surface area contributed by atoms with Gasteiger partial charge in [-0.2, -0.15) is 0 Å². The van der Waals surface area contributed by atoms with Crippen LogP contribution in [0.2, 0.25) is 0 Å². The van der Waals surface area contributed by atoms with Crippen molar-refractivity contribution >= 4 is 40.0 Å². The summed E-state index contributed by atoms with van der Waals surface area (Å²) in [4.78, 5) is 28.6. The lowest BCUT2D eigenvalue weighted by Gasteiger charge is -2.31. The predicted octanol–water partition coefficient (Wildman–Crippen LogP) is 4.55. The Hall–Kier alpha value is -3.13. The molecule has 7 nitrogen and oxygen atoms in total. The van der Waals surface area contributed by atoms with Crippen LogP contribution in [0.3, 0.4) is 0 Å². The van der Waals surface area contributed by atoms with E-state index in [1.54, 1.807) is 4.57 Å². The molecule has 2 aromatic carbocycles. The Bertz CT molecular complexity index is 1420. The third kappa shape index (κ3) is 4.00. The van der Waals surface area contributed by atoms with E-state index >= 15 is 0 Å². The zero-order valence-electron chi connectivity index (χ0n) is 19.8. The van der Waals surface area contributed by atoms with Crippen molar-refractivity contribution in [1.82, 2.24) is 19.2 Å². The average molecular weight is 476 g/mol. The molecule has 1 atom stereocenters. The summed E-state index contributed by atoms with van der Waals surface area (Å²) >= 11 is 1.39. The van der Waals surface area contributed by atoms with Crippen molar-refractivity contribution in [2.75, 3.05) is 11.4 Å². The molecule has 1 aliphatic rings. The minimum Gasteiger partial charge on any atom is -0.311 e. The van der Waals surface area contributed by atoms with Crippen LogP contribution in [0.5, 0.6) is 0 Å². The zero-order valence-corrected chi connectivity index (χ0v) is 20.6. The number of para-hydroxylation sites is 2. The molecule has 0 fully saturated rings. The van der Waals surface area contributed by atoms with E-state index in [1.807, 2.05) is 58.7 Å². The molecule has 0 bridgehead atoms. The SMILES string of the molecule is CC(C)CCn1c(=O)c2ccccc2n2c(SC(C)C(=O)N3CCCc4ccccc43)nnc12. The van der Waals surface area contributed by atoms with Crippen LogP contribution in [0.25, 0.3) is 16.7 Å². The van der Waals surface area contributed by atoms with Gasteiger partial charge in [0.05, 0.1) is 16.2 Å². The number of fused-ring (bicyclic) bond motifs is 4. The molecular weight excluding hydrogens is 446 g/mol. The second kappa shape index (κ2) is 9.25. The molecule has 34 heavy (non-hydrogen) atoms. The van der Waals surface area contributed by atoms with Crippen LogP contribution in [0.1, 0.15) is 39.2 Å². The number of aryl methyl sites for hydroxylation is 2. The summed E-state index contributed by atoms with van der Waals surface area (Å²) in [6.45, 7) is 7.49. The Balaban J connectivity index is 1.52. The fourth-order valence-electron chi connectivity index (χ4n) is 4.59. The van der Waals surface area contributed by atoms with Crippen LogP contribution in [0, 0.1) is 5.92 Å². The van der Waals surface area contributed by atoms with Gasteiger partial charge < -0.3 is 4.90 Å². The van der Waals surface area contributed by atoms with Gasteiger partial charge in [-0.3, -0.25) is 18.6 Å². The number of anilines is 1. The first-order valence-corrected chi connectivity index (χ1v) is 12.8. The molecule has 2 aromatic heterocycles. The summed E-state index contributed by atoms with van der Waals surface area (Å²) in [5.41, 5.74) is 2.93. The number of nitrogens with zero attached hydrogens (tertiary/aromatic N) is 5. The van der Waals surface area contributed by atoms with Crippen molar-refractivity contribution in [3.63, 3.8) is 0 Å². The fourth-order valence-corrected chi connectivity index (χ4v) is 5.51. The van der Waals surface area contributed by atoms with Gasteiger partial charge in [-0.25, -0.2) is 0 Å². The summed E-state index contributed by atoms with van der Waals surface area (Å²) < 4.78 is 3.64. The lowest BCUT2D eigenvalue weighted by atomic mass is 10.0. The summed E-state index contributed by atoms with van der Waals surface area (Å²) in [5.74, 6) is 1.04. The Morgan fingerprint density at radius 1 is 1.06 bits per heavy atom. The van der Waals surface area contributed by atoms with Crippen molar-refractivity contribution in [2.45, 2.75) is 57.0 Å². The van der Waals surface area contributed by atoms with Crippen LogP contribution in [-0.4, -0.2) is 36.9 Å². The minimum absolute atomic E-state index is 0.0539. The van der Waals surface area contributed by atoms with Gasteiger partial charge in [0.2, 0.25) is 11.7 Å². The molecule has 0 radical (unpaired) electrons. The summed E-state index contributed by atoms with van der Waals surface area (Å²) in [5, 5.41) is 9.73. The normalized spacial score (nSPS) is 14.6. The van der Waals surface area contributed by atoms with Gasteiger partial charge in [0.15, 0.2) is 5.16 Å². The average Bonchev–Trinajstić information content (AvgIpc) is 3.26. The second-order valence-corrected chi connectivity index (χ2v) is 10.6. The van der Waals surface area contributed by atoms with Crippen molar-refractivity contribution in [2.24, 2.45) is 5.92 Å². The van der Waals surface area contributed by atoms with Gasteiger partial charge in [-0.05, 0) is 55.9 Å². The van der Waals surface area contributed by atoms with E-state index < -0.39 is 0 Å². The fraction of sp³-hybridized carbons (Fsp3) is 0.385. The van der Waals surface area contributed by atoms with Gasteiger partial charge >= 0.3 is 0 Å². The molecule has 0 N–H and O–H groups in total. The first-order chi connectivity index (χ1) is 16.5. The first-order valence-electron chi connectivity index (χ1n) is 11.9. The standard InChI is InChI=1S/C26H29N5O2S/c1-17(2)14-16-30-24(33)20-11-5-7-13-22(20)31-25(30)27-28-26(31)34-18(3)23(32)29-15-8-10-19-9-4-6-12-21(19)29/h4-7,9,11-13,17-18H,8,10,14-16H2,1-3H3. The Morgan fingerprint density at radius 3 is 2.65 bits per heavy atom. The number of benzene rings is 2. The number of amides is 1. The number of rotatable bonds is 6. The number of thioether (sulfide) groups is 1. The van der Waals surface area contributed by atoms with E-state index in [-0.39, 0.29) is 16.7 Å². The monoisotopic (exact) mass is 475 g/mol. The highest BCUT2D eigenvalue weighted by Gasteiger charge is 2.28. The van der Waals surface area contributed by atoms with Crippen LogP contribution < -0.4 is 10.5 Å². The molecule has 1 amide bonds. The number of carbonyl (C=O) groups excluding carboxylic acids is 1. The van der Waals surface area contributed by atoms with Gasteiger partial charge in [0.25, 0.3) is 5.56 Å². The van der Waals surface area contributed by atoms with Crippen LogP contribution in [0.15, 0.2) is 58.5 Å². The van der Waals surface area contributed by atoms with E-state index in [1.165, 1.54) is 17.3 Å². The Morgan fingerprint density at radius 2 is 1.82 bits per heavy atom. The maximum absolute atomic E-state index is 13.5. The first kappa shape index (κ1) is 22.7. The number of hydrogen-bond acceptors (Lipinski definition) is 5. The largest absolute Gasteiger partial charge is 0.311 e. The smallest absolute Gasteiger partial charge is 0.262 e. The van der Waals surface area contributed by atoms with E-state index in [2.05, 4.69) is 30.1 Å². The van der Waals surface area contributed by atoms with Crippen molar-refractivity contribution in [3.05, 3.63) is 64.4 Å². The van der Waals surface area contributed by atoms with Gasteiger partial charge in [-0.1, -0.05) is 55.9 Å². The molecule has 0 saturated heterocycles. The molecule has 1 unspecified atom stereocenters. The van der Waals surface area contributed by atoms with Gasteiger partial charge in [-0.15, -0.1) is 10.2 Å². The summed E-state index contributed by atoms with van der Waals surface area (Å²) in [6.07, 6.45) is 2.82. The summed E-state index contributed by atoms with van der Waals surface area (Å²) in [7, 11) is 0. The molecule has 0 aliphatic carbocycles. The van der Waals surface area contributed by atoms with Gasteiger partial charge in [0, 0.05) is 18.8 Å². The number of aromatic nitrogens is 4. The molecule has 1 aliphatic heterocycles. The third-order valence-corrected chi connectivity index (χ3v) is 7.44. The molecule has 0 spiro atoms. The van der Waals surface area contributed by atoms with Crippen molar-refractivity contribution < 1.29 is 4.79 Å². The number of carbonyl (C=O) groups is 1. The predicted molar refractivity (Wildman–Crippen MR) is 137 cm³/mol. The van der Waals surface area contributed by atoms with E-state index in [4.69, 9.17) is 0 Å². The molecule has 3 heterocycles. The molecule has 0 saturated carbocycles. The maximum Gasteiger partial charge on any atom is 0.262 e. The zero-order chi connectivity index (χ0) is 23.8. The van der Waals surface area contributed by atoms with E-state index in [0.29, 0.717) is 28.8 Å². The molecule has 4 aromatic rings. The lowest BCUT2D eigenvalue weighted by molar-refractivity contribution is -0.117. The van der Waals surface area contributed by atoms with Crippen LogP contribution >= 0.6 is 11.8 Å². The van der Waals surface area contributed by atoms with E-state index in [0.717, 1.165) is 37.0 Å². The maximum atomic E-state index is 13.5. The van der Waals surface area contributed by atoms with E-state index in [9.17, 15) is 9.59 Å². The lowest BCUT2D eigenvalue weighted by Crippen LogP contribution is -2.40. The topological polar surface area (TPSA) is 72.5 Å². The molecular formula is C26H29N5O2S. The Labute approximate surface area is 202 Å². The number of hydrogen-bond donors (Lipinski definition) is 0. The molecule has 176 valence electrons.